The normalized spacial score (nSPS) is 15.4. The van der Waals surface area contributed by atoms with E-state index in [1.54, 1.807) is 22.6 Å². The summed E-state index contributed by atoms with van der Waals surface area (Å²) in [5.74, 6) is 0. The molecule has 1 saturated heterocycles. The number of fused-ring (bicyclic) bond motifs is 1. The highest BCUT2D eigenvalue weighted by Gasteiger charge is 2.23. The molecule has 0 aliphatic carbocycles. The quantitative estimate of drug-likeness (QED) is 0.506. The van der Waals surface area contributed by atoms with Crippen molar-refractivity contribution in [1.82, 2.24) is 14.3 Å². The number of aromatic nitrogens is 2. The zero-order valence-electron chi connectivity index (χ0n) is 14.9. The molecular weight excluding hydrogens is 366 g/mol. The first kappa shape index (κ1) is 17.6. The number of nitro benzene ring substituents is 1. The second-order valence-electron chi connectivity index (χ2n) is 6.59. The van der Waals surface area contributed by atoms with Crippen LogP contribution in [-0.2, 0) is 6.54 Å². The Balaban J connectivity index is 1.46. The first-order valence-electron chi connectivity index (χ1n) is 8.70. The van der Waals surface area contributed by atoms with Gasteiger partial charge < -0.3 is 4.90 Å². The molecule has 0 amide bonds. The number of nitrogens with zero attached hydrogens (tertiary/aromatic N) is 5. The Labute approximate surface area is 159 Å². The van der Waals surface area contributed by atoms with Crippen LogP contribution in [0.5, 0.6) is 0 Å². The van der Waals surface area contributed by atoms with Crippen LogP contribution in [0.25, 0.3) is 4.96 Å². The van der Waals surface area contributed by atoms with Gasteiger partial charge in [-0.25, -0.2) is 4.98 Å². The van der Waals surface area contributed by atoms with Gasteiger partial charge in [0, 0.05) is 55.9 Å². The van der Waals surface area contributed by atoms with Crippen molar-refractivity contribution in [2.75, 3.05) is 31.1 Å². The molecule has 1 aliphatic rings. The van der Waals surface area contributed by atoms with Gasteiger partial charge in [0.2, 0.25) is 0 Å². The highest BCUT2D eigenvalue weighted by atomic mass is 32.1. The Morgan fingerprint density at radius 2 is 1.96 bits per heavy atom. The van der Waals surface area contributed by atoms with Gasteiger partial charge in [-0.3, -0.25) is 24.2 Å². The zero-order valence-corrected chi connectivity index (χ0v) is 15.7. The average molecular weight is 385 g/mol. The minimum atomic E-state index is -0.336. The van der Waals surface area contributed by atoms with E-state index in [-0.39, 0.29) is 16.2 Å². The van der Waals surface area contributed by atoms with Crippen LogP contribution in [0.1, 0.15) is 11.4 Å². The third-order valence-corrected chi connectivity index (χ3v) is 5.75. The van der Waals surface area contributed by atoms with Crippen LogP contribution in [0.4, 0.5) is 11.4 Å². The van der Waals surface area contributed by atoms with Crippen molar-refractivity contribution in [2.24, 2.45) is 0 Å². The number of nitro groups is 1. The lowest BCUT2D eigenvalue weighted by Gasteiger charge is -2.35. The number of hydrogen-bond donors (Lipinski definition) is 0. The highest BCUT2D eigenvalue weighted by molar-refractivity contribution is 7.15. The summed E-state index contributed by atoms with van der Waals surface area (Å²) in [5.41, 5.74) is 2.42. The van der Waals surface area contributed by atoms with Gasteiger partial charge in [0.1, 0.15) is 5.69 Å². The summed E-state index contributed by atoms with van der Waals surface area (Å²) in [4.78, 5) is 32.8. The molecule has 0 N–H and O–H groups in total. The second-order valence-corrected chi connectivity index (χ2v) is 7.43. The van der Waals surface area contributed by atoms with Crippen LogP contribution in [0.3, 0.4) is 0 Å². The smallest absolute Gasteiger partial charge is 0.292 e. The van der Waals surface area contributed by atoms with E-state index in [2.05, 4.69) is 9.88 Å². The number of benzene rings is 1. The van der Waals surface area contributed by atoms with Crippen LogP contribution >= 0.6 is 11.3 Å². The van der Waals surface area contributed by atoms with Gasteiger partial charge in [0.25, 0.3) is 11.2 Å². The lowest BCUT2D eigenvalue weighted by atomic mass is 10.2. The molecule has 3 aromatic rings. The number of piperazine rings is 1. The van der Waals surface area contributed by atoms with Gasteiger partial charge in [-0.1, -0.05) is 12.1 Å². The Hall–Kier alpha value is -2.78. The van der Waals surface area contributed by atoms with Crippen molar-refractivity contribution < 1.29 is 4.92 Å². The van der Waals surface area contributed by atoms with E-state index in [1.165, 1.54) is 17.4 Å². The van der Waals surface area contributed by atoms with Crippen LogP contribution in [0.15, 0.2) is 40.5 Å². The summed E-state index contributed by atoms with van der Waals surface area (Å²) in [7, 11) is 0. The van der Waals surface area contributed by atoms with E-state index in [9.17, 15) is 14.9 Å². The molecular formula is C18H19N5O3S. The fourth-order valence-corrected chi connectivity index (χ4v) is 4.33. The van der Waals surface area contributed by atoms with Gasteiger partial charge >= 0.3 is 0 Å². The first-order chi connectivity index (χ1) is 13.0. The van der Waals surface area contributed by atoms with Crippen LogP contribution < -0.4 is 10.5 Å². The summed E-state index contributed by atoms with van der Waals surface area (Å²) in [6, 6.07) is 8.44. The maximum atomic E-state index is 12.3. The molecule has 2 aromatic heterocycles. The molecule has 0 bridgehead atoms. The highest BCUT2D eigenvalue weighted by Crippen LogP contribution is 2.28. The zero-order chi connectivity index (χ0) is 19.0. The maximum absolute atomic E-state index is 12.3. The third-order valence-electron chi connectivity index (χ3n) is 4.81. The molecule has 0 saturated carbocycles. The van der Waals surface area contributed by atoms with Crippen molar-refractivity contribution >= 4 is 27.7 Å². The van der Waals surface area contributed by atoms with Gasteiger partial charge in [-0.2, -0.15) is 0 Å². The van der Waals surface area contributed by atoms with Crippen LogP contribution in [0.2, 0.25) is 0 Å². The number of anilines is 1. The molecule has 3 heterocycles. The third kappa shape index (κ3) is 3.43. The van der Waals surface area contributed by atoms with E-state index >= 15 is 0 Å². The van der Waals surface area contributed by atoms with Crippen LogP contribution in [-0.4, -0.2) is 45.4 Å². The molecule has 27 heavy (non-hydrogen) atoms. The molecule has 9 heteroatoms. The molecule has 8 nitrogen and oxygen atoms in total. The predicted octanol–water partition coefficient (Wildman–Crippen LogP) is 2.29. The summed E-state index contributed by atoms with van der Waals surface area (Å²) in [5, 5.41) is 13.2. The first-order valence-corrected chi connectivity index (χ1v) is 9.58. The molecule has 0 spiro atoms. The largest absolute Gasteiger partial charge is 0.363 e. The van der Waals surface area contributed by atoms with Gasteiger partial charge in [0.15, 0.2) is 4.96 Å². The Bertz CT molecular complexity index is 1050. The van der Waals surface area contributed by atoms with Gasteiger partial charge in [-0.05, 0) is 13.0 Å². The summed E-state index contributed by atoms with van der Waals surface area (Å²) >= 11 is 1.47. The summed E-state index contributed by atoms with van der Waals surface area (Å²) < 4.78 is 1.63. The number of hydrogen-bond acceptors (Lipinski definition) is 7. The maximum Gasteiger partial charge on any atom is 0.292 e. The fourth-order valence-electron chi connectivity index (χ4n) is 3.44. The Kier molecular flexibility index (Phi) is 4.63. The molecule has 0 atom stereocenters. The van der Waals surface area contributed by atoms with E-state index < -0.39 is 0 Å². The van der Waals surface area contributed by atoms with Crippen LogP contribution in [0, 0.1) is 17.0 Å². The fraction of sp³-hybridized carbons (Fsp3) is 0.333. The van der Waals surface area contributed by atoms with Gasteiger partial charge in [-0.15, -0.1) is 11.3 Å². The molecule has 1 aromatic carbocycles. The van der Waals surface area contributed by atoms with E-state index in [0.717, 1.165) is 24.5 Å². The minimum Gasteiger partial charge on any atom is -0.363 e. The molecule has 1 aliphatic heterocycles. The summed E-state index contributed by atoms with van der Waals surface area (Å²) in [6.45, 7) is 5.42. The lowest BCUT2D eigenvalue weighted by Crippen LogP contribution is -2.46. The molecule has 1 fully saturated rings. The van der Waals surface area contributed by atoms with E-state index in [4.69, 9.17) is 0 Å². The van der Waals surface area contributed by atoms with E-state index in [1.807, 2.05) is 23.3 Å². The Morgan fingerprint density at radius 1 is 1.22 bits per heavy atom. The molecule has 4 rings (SSSR count). The SMILES string of the molecule is Cc1csc2nc(CN3CCN(c4ccccc4[N+](=O)[O-])CC3)cc(=O)n12. The van der Waals surface area contributed by atoms with Crippen molar-refractivity contribution in [1.29, 1.82) is 0 Å². The number of aryl methyl sites for hydroxylation is 1. The summed E-state index contributed by atoms with van der Waals surface area (Å²) in [6.07, 6.45) is 0. The number of thiazole rings is 1. The topological polar surface area (TPSA) is 84.0 Å². The molecule has 0 radical (unpaired) electrons. The van der Waals surface area contributed by atoms with Crippen molar-refractivity contribution in [3.05, 3.63) is 67.6 Å². The molecule has 0 unspecified atom stereocenters. The standard InChI is InChI=1S/C18H19N5O3S/c1-13-12-27-18-19-14(10-17(24)22(13)18)11-20-6-8-21(9-7-20)15-4-2-3-5-16(15)23(25)26/h2-5,10,12H,6-9,11H2,1H3. The van der Waals surface area contributed by atoms with Crippen molar-refractivity contribution in [3.63, 3.8) is 0 Å². The van der Waals surface area contributed by atoms with Crippen molar-refractivity contribution in [3.8, 4) is 0 Å². The second kappa shape index (κ2) is 7.09. The molecule has 140 valence electrons. The van der Waals surface area contributed by atoms with Gasteiger partial charge in [0.05, 0.1) is 10.6 Å². The van der Waals surface area contributed by atoms with Crippen molar-refractivity contribution in [2.45, 2.75) is 13.5 Å². The predicted molar refractivity (Wildman–Crippen MR) is 105 cm³/mol. The number of para-hydroxylation sites is 2. The lowest BCUT2D eigenvalue weighted by molar-refractivity contribution is -0.384. The number of rotatable bonds is 4. The Morgan fingerprint density at radius 3 is 2.70 bits per heavy atom. The van der Waals surface area contributed by atoms with E-state index in [0.29, 0.717) is 30.3 Å². The average Bonchev–Trinajstić information content (AvgIpc) is 3.03. The monoisotopic (exact) mass is 385 g/mol. The minimum absolute atomic E-state index is 0.0488.